The van der Waals surface area contributed by atoms with E-state index in [1.807, 2.05) is 6.92 Å². The fourth-order valence-electron chi connectivity index (χ4n) is 4.21. The molecule has 2 heterocycles. The Morgan fingerprint density at radius 2 is 2.00 bits per heavy atom. The highest BCUT2D eigenvalue weighted by Gasteiger charge is 2.49. The minimum Gasteiger partial charge on any atom is -0.356 e. The number of alkyl halides is 3. The molecule has 0 saturated carbocycles. The molecule has 176 valence electrons. The summed E-state index contributed by atoms with van der Waals surface area (Å²) in [6.07, 6.45) is -2.45. The van der Waals surface area contributed by atoms with Crippen molar-refractivity contribution in [2.75, 3.05) is 36.4 Å². The quantitative estimate of drug-likeness (QED) is 0.648. The van der Waals surface area contributed by atoms with Crippen LogP contribution in [0.15, 0.2) is 24.3 Å². The van der Waals surface area contributed by atoms with Crippen molar-refractivity contribution in [3.05, 3.63) is 24.3 Å². The number of amides is 3. The standard InChI is InChI=1S/C22H29F3N4O3/c1-2-3-10-26-21(32)15-7-6-11-28(13-15)14-20(31)29-17-9-5-4-8-16(17)27-19(30)12-18(29)22(23,24)25/h4-5,8-9,15,18H,2-3,6-7,10-14H2,1H3,(H,26,32)(H,27,30). The number of hydrogen-bond donors (Lipinski definition) is 2. The number of halogens is 3. The first-order chi connectivity index (χ1) is 15.2. The van der Waals surface area contributed by atoms with E-state index in [0.717, 1.165) is 12.8 Å². The summed E-state index contributed by atoms with van der Waals surface area (Å²) in [5, 5.41) is 5.35. The van der Waals surface area contributed by atoms with E-state index < -0.39 is 30.5 Å². The third-order valence-corrected chi connectivity index (χ3v) is 5.84. The van der Waals surface area contributed by atoms with Crippen LogP contribution >= 0.6 is 0 Å². The van der Waals surface area contributed by atoms with Crippen LogP contribution in [0.2, 0.25) is 0 Å². The number of carbonyl (C=O) groups excluding carboxylic acids is 3. The molecule has 3 rings (SSSR count). The van der Waals surface area contributed by atoms with E-state index in [2.05, 4.69) is 10.6 Å². The maximum Gasteiger partial charge on any atom is 0.409 e. The number of carbonyl (C=O) groups is 3. The molecule has 0 aliphatic carbocycles. The molecule has 0 spiro atoms. The number of piperidine rings is 1. The van der Waals surface area contributed by atoms with Gasteiger partial charge in [-0.1, -0.05) is 25.5 Å². The normalized spacial score (nSPS) is 22.0. The maximum atomic E-state index is 13.9. The van der Waals surface area contributed by atoms with Crippen molar-refractivity contribution < 1.29 is 27.6 Å². The molecule has 0 aromatic heterocycles. The average Bonchev–Trinajstić information content (AvgIpc) is 2.89. The molecule has 7 nitrogen and oxygen atoms in total. The van der Waals surface area contributed by atoms with E-state index in [1.54, 1.807) is 11.0 Å². The zero-order valence-corrected chi connectivity index (χ0v) is 18.1. The lowest BCUT2D eigenvalue weighted by molar-refractivity contribution is -0.158. The molecule has 1 aromatic rings. The highest BCUT2D eigenvalue weighted by Crippen LogP contribution is 2.37. The number of rotatable bonds is 6. The molecule has 2 aliphatic rings. The Bertz CT molecular complexity index is 846. The Morgan fingerprint density at radius 3 is 2.72 bits per heavy atom. The fraction of sp³-hybridized carbons (Fsp3) is 0.591. The van der Waals surface area contributed by atoms with Crippen LogP contribution in [-0.4, -0.2) is 61.0 Å². The van der Waals surface area contributed by atoms with E-state index in [4.69, 9.17) is 0 Å². The number of nitrogens with zero attached hydrogens (tertiary/aromatic N) is 2. The smallest absolute Gasteiger partial charge is 0.356 e. The van der Waals surface area contributed by atoms with Gasteiger partial charge in [0, 0.05) is 13.1 Å². The number of unbranched alkanes of at least 4 members (excludes halogenated alkanes) is 1. The van der Waals surface area contributed by atoms with Gasteiger partial charge in [0.1, 0.15) is 6.04 Å². The molecule has 1 aromatic carbocycles. The zero-order valence-electron chi connectivity index (χ0n) is 18.1. The Hall–Kier alpha value is -2.62. The summed E-state index contributed by atoms with van der Waals surface area (Å²) in [5.74, 6) is -1.93. The molecule has 2 unspecified atom stereocenters. The highest BCUT2D eigenvalue weighted by molar-refractivity contribution is 6.05. The predicted octanol–water partition coefficient (Wildman–Crippen LogP) is 2.92. The van der Waals surface area contributed by atoms with Gasteiger partial charge in [-0.05, 0) is 37.9 Å². The van der Waals surface area contributed by atoms with Gasteiger partial charge in [-0.25, -0.2) is 0 Å². The van der Waals surface area contributed by atoms with Gasteiger partial charge in [-0.3, -0.25) is 24.2 Å². The predicted molar refractivity (Wildman–Crippen MR) is 114 cm³/mol. The first-order valence-corrected chi connectivity index (χ1v) is 11.0. The summed E-state index contributed by atoms with van der Waals surface area (Å²) in [7, 11) is 0. The van der Waals surface area contributed by atoms with Crippen molar-refractivity contribution in [2.45, 2.75) is 51.2 Å². The zero-order chi connectivity index (χ0) is 23.3. The highest BCUT2D eigenvalue weighted by atomic mass is 19.4. The van der Waals surface area contributed by atoms with E-state index in [9.17, 15) is 27.6 Å². The first-order valence-electron chi connectivity index (χ1n) is 11.0. The van der Waals surface area contributed by atoms with Crippen molar-refractivity contribution in [3.63, 3.8) is 0 Å². The number of hydrogen-bond acceptors (Lipinski definition) is 4. The van der Waals surface area contributed by atoms with Crippen LogP contribution in [0.1, 0.15) is 39.0 Å². The Balaban J connectivity index is 1.77. The topological polar surface area (TPSA) is 81.8 Å². The molecule has 1 saturated heterocycles. The Morgan fingerprint density at radius 1 is 1.25 bits per heavy atom. The first kappa shape index (κ1) is 24.0. The van der Waals surface area contributed by atoms with Crippen LogP contribution in [0.5, 0.6) is 0 Å². The van der Waals surface area contributed by atoms with Gasteiger partial charge in [-0.15, -0.1) is 0 Å². The molecule has 2 atom stereocenters. The SMILES string of the molecule is CCCCNC(=O)C1CCCN(CC(=O)N2c3ccccc3NC(=O)CC2C(F)(F)F)C1. The van der Waals surface area contributed by atoms with Crippen molar-refractivity contribution in [1.82, 2.24) is 10.2 Å². The van der Waals surface area contributed by atoms with E-state index in [0.29, 0.717) is 37.4 Å². The molecule has 0 bridgehead atoms. The van der Waals surface area contributed by atoms with Crippen molar-refractivity contribution in [1.29, 1.82) is 0 Å². The van der Waals surface area contributed by atoms with Crippen molar-refractivity contribution in [3.8, 4) is 0 Å². The van der Waals surface area contributed by atoms with Gasteiger partial charge in [-0.2, -0.15) is 13.2 Å². The largest absolute Gasteiger partial charge is 0.409 e. The van der Waals surface area contributed by atoms with Crippen LogP contribution < -0.4 is 15.5 Å². The lowest BCUT2D eigenvalue weighted by Gasteiger charge is -2.36. The average molecular weight is 454 g/mol. The number of nitrogens with one attached hydrogen (secondary N) is 2. The molecular formula is C22H29F3N4O3. The number of likely N-dealkylation sites (tertiary alicyclic amines) is 1. The van der Waals surface area contributed by atoms with E-state index >= 15 is 0 Å². The summed E-state index contributed by atoms with van der Waals surface area (Å²) in [6, 6.07) is 3.74. The Kier molecular flexibility index (Phi) is 7.76. The number of anilines is 2. The summed E-state index contributed by atoms with van der Waals surface area (Å²) in [5.41, 5.74) is 0.195. The molecule has 2 N–H and O–H groups in total. The van der Waals surface area contributed by atoms with Gasteiger partial charge in [0.05, 0.1) is 30.3 Å². The summed E-state index contributed by atoms with van der Waals surface area (Å²) >= 11 is 0. The molecule has 10 heteroatoms. The minimum absolute atomic E-state index is 0.0246. The molecule has 32 heavy (non-hydrogen) atoms. The van der Waals surface area contributed by atoms with Crippen molar-refractivity contribution in [2.24, 2.45) is 5.92 Å². The lowest BCUT2D eigenvalue weighted by atomic mass is 9.97. The Labute approximate surface area is 185 Å². The molecular weight excluding hydrogens is 425 g/mol. The lowest BCUT2D eigenvalue weighted by Crippen LogP contribution is -2.54. The molecule has 0 radical (unpaired) electrons. The van der Waals surface area contributed by atoms with Crippen LogP contribution in [0.25, 0.3) is 0 Å². The summed E-state index contributed by atoms with van der Waals surface area (Å²) in [4.78, 5) is 40.1. The molecule has 1 fully saturated rings. The second kappa shape index (κ2) is 10.3. The monoisotopic (exact) mass is 454 g/mol. The van der Waals surface area contributed by atoms with E-state index in [1.165, 1.54) is 18.2 Å². The maximum absolute atomic E-state index is 13.9. The third-order valence-electron chi connectivity index (χ3n) is 5.84. The van der Waals surface area contributed by atoms with Crippen LogP contribution in [0.4, 0.5) is 24.5 Å². The van der Waals surface area contributed by atoms with E-state index in [-0.39, 0.29) is 29.7 Å². The van der Waals surface area contributed by atoms with Crippen LogP contribution in [0.3, 0.4) is 0 Å². The van der Waals surface area contributed by atoms with Crippen LogP contribution in [-0.2, 0) is 14.4 Å². The number of para-hydroxylation sites is 2. The molecule has 3 amide bonds. The minimum atomic E-state index is -4.77. The summed E-state index contributed by atoms with van der Waals surface area (Å²) < 4.78 is 41.6. The van der Waals surface area contributed by atoms with Gasteiger partial charge in [0.15, 0.2) is 0 Å². The summed E-state index contributed by atoms with van der Waals surface area (Å²) in [6.45, 7) is 3.19. The third kappa shape index (κ3) is 5.79. The van der Waals surface area contributed by atoms with Gasteiger partial charge in [0.25, 0.3) is 0 Å². The van der Waals surface area contributed by atoms with Gasteiger partial charge < -0.3 is 10.6 Å². The number of fused-ring (bicyclic) bond motifs is 1. The second-order valence-electron chi connectivity index (χ2n) is 8.31. The second-order valence-corrected chi connectivity index (χ2v) is 8.31. The van der Waals surface area contributed by atoms with Crippen LogP contribution in [0, 0.1) is 5.92 Å². The number of benzene rings is 1. The molecule has 2 aliphatic heterocycles. The van der Waals surface area contributed by atoms with Gasteiger partial charge in [0.2, 0.25) is 17.7 Å². The van der Waals surface area contributed by atoms with Crippen molar-refractivity contribution >= 4 is 29.1 Å². The fourth-order valence-corrected chi connectivity index (χ4v) is 4.21. The van der Waals surface area contributed by atoms with Gasteiger partial charge >= 0.3 is 6.18 Å².